The van der Waals surface area contributed by atoms with Gasteiger partial charge in [0, 0.05) is 17.6 Å². The minimum absolute atomic E-state index is 0.343. The molecule has 0 saturated carbocycles. The maximum atomic E-state index is 11.0. The van der Waals surface area contributed by atoms with Gasteiger partial charge in [-0.1, -0.05) is 0 Å². The van der Waals surface area contributed by atoms with E-state index in [1.807, 2.05) is 19.9 Å². The van der Waals surface area contributed by atoms with Gasteiger partial charge in [0.25, 0.3) is 0 Å². The molecule has 0 amide bonds. The number of carbonyl (C=O) groups is 1. The molecule has 3 N–H and O–H groups in total. The summed E-state index contributed by atoms with van der Waals surface area (Å²) in [6.45, 7) is 5.52. The van der Waals surface area contributed by atoms with Crippen molar-refractivity contribution in [2.45, 2.75) is 26.8 Å². The first-order valence-corrected chi connectivity index (χ1v) is 6.08. The van der Waals surface area contributed by atoms with E-state index in [9.17, 15) is 4.79 Å². The van der Waals surface area contributed by atoms with Crippen molar-refractivity contribution in [1.82, 2.24) is 4.57 Å². The van der Waals surface area contributed by atoms with Crippen molar-refractivity contribution in [2.24, 2.45) is 5.73 Å². The van der Waals surface area contributed by atoms with Crippen LogP contribution in [0.1, 0.15) is 28.0 Å². The summed E-state index contributed by atoms with van der Waals surface area (Å²) in [4.78, 5) is 11.0. The molecule has 0 fully saturated rings. The smallest absolute Gasteiger partial charge is 0.335 e. The molecule has 18 heavy (non-hydrogen) atoms. The Bertz CT molecular complexity index is 599. The van der Waals surface area contributed by atoms with E-state index in [4.69, 9.17) is 10.8 Å². The number of benzene rings is 1. The second kappa shape index (κ2) is 4.82. The third-order valence-corrected chi connectivity index (χ3v) is 3.22. The van der Waals surface area contributed by atoms with Crippen molar-refractivity contribution in [3.05, 3.63) is 35.0 Å². The van der Waals surface area contributed by atoms with Crippen molar-refractivity contribution in [1.29, 1.82) is 0 Å². The molecule has 0 saturated heterocycles. The number of carboxylic acids is 1. The second-order valence-electron chi connectivity index (χ2n) is 4.62. The van der Waals surface area contributed by atoms with Crippen LogP contribution in [0.5, 0.6) is 0 Å². The van der Waals surface area contributed by atoms with Crippen LogP contribution in [0.4, 0.5) is 0 Å². The fourth-order valence-electron chi connectivity index (χ4n) is 2.43. The van der Waals surface area contributed by atoms with Crippen LogP contribution < -0.4 is 5.73 Å². The van der Waals surface area contributed by atoms with Gasteiger partial charge >= 0.3 is 5.97 Å². The predicted molar refractivity (Wildman–Crippen MR) is 72.0 cm³/mol. The Kier molecular flexibility index (Phi) is 3.39. The zero-order valence-corrected chi connectivity index (χ0v) is 10.7. The van der Waals surface area contributed by atoms with Crippen LogP contribution in [0.25, 0.3) is 10.9 Å². The van der Waals surface area contributed by atoms with E-state index < -0.39 is 5.97 Å². The van der Waals surface area contributed by atoms with Crippen LogP contribution in [-0.2, 0) is 6.54 Å². The molecule has 0 aliphatic rings. The van der Waals surface area contributed by atoms with Gasteiger partial charge in [-0.15, -0.1) is 0 Å². The molecule has 0 aliphatic heterocycles. The van der Waals surface area contributed by atoms with Crippen molar-refractivity contribution >= 4 is 16.9 Å². The summed E-state index contributed by atoms with van der Waals surface area (Å²) >= 11 is 0. The number of nitrogens with two attached hydrogens (primary N) is 1. The Labute approximate surface area is 106 Å². The zero-order valence-electron chi connectivity index (χ0n) is 10.7. The van der Waals surface area contributed by atoms with E-state index in [0.717, 1.165) is 35.1 Å². The van der Waals surface area contributed by atoms with Gasteiger partial charge in [-0.3, -0.25) is 0 Å². The normalized spacial score (nSPS) is 11.1. The predicted octanol–water partition coefficient (Wildman–Crippen LogP) is 2.31. The molecule has 0 aliphatic carbocycles. The third-order valence-electron chi connectivity index (χ3n) is 3.22. The van der Waals surface area contributed by atoms with Gasteiger partial charge < -0.3 is 15.4 Å². The maximum Gasteiger partial charge on any atom is 0.335 e. The molecule has 0 unspecified atom stereocenters. The molecular formula is C14H18N2O2. The number of aryl methyl sites for hydroxylation is 3. The van der Waals surface area contributed by atoms with Crippen LogP contribution in [0.3, 0.4) is 0 Å². The summed E-state index contributed by atoms with van der Waals surface area (Å²) in [6.07, 6.45) is 0.921. The summed E-state index contributed by atoms with van der Waals surface area (Å²) in [5.41, 5.74) is 9.15. The summed E-state index contributed by atoms with van der Waals surface area (Å²) < 4.78 is 2.21. The molecule has 2 rings (SSSR count). The molecule has 4 heteroatoms. The third kappa shape index (κ3) is 2.11. The average Bonchev–Trinajstić information content (AvgIpc) is 2.62. The first kappa shape index (κ1) is 12.6. The molecule has 0 bridgehead atoms. The highest BCUT2D eigenvalue weighted by Gasteiger charge is 2.12. The van der Waals surface area contributed by atoms with E-state index in [1.165, 1.54) is 0 Å². The van der Waals surface area contributed by atoms with Crippen molar-refractivity contribution < 1.29 is 9.90 Å². The maximum absolute atomic E-state index is 11.0. The van der Waals surface area contributed by atoms with Gasteiger partial charge in [0.2, 0.25) is 0 Å². The lowest BCUT2D eigenvalue weighted by Gasteiger charge is -2.09. The molecule has 96 valence electrons. The first-order valence-electron chi connectivity index (χ1n) is 6.08. The lowest BCUT2D eigenvalue weighted by molar-refractivity contribution is 0.0697. The highest BCUT2D eigenvalue weighted by atomic mass is 16.4. The largest absolute Gasteiger partial charge is 0.478 e. The van der Waals surface area contributed by atoms with Crippen molar-refractivity contribution in [3.63, 3.8) is 0 Å². The number of carboxylic acid groups (broad SMARTS) is 1. The van der Waals surface area contributed by atoms with Gasteiger partial charge in [-0.2, -0.15) is 0 Å². The van der Waals surface area contributed by atoms with E-state index in [-0.39, 0.29) is 0 Å². The Hall–Kier alpha value is -1.81. The number of fused-ring (bicyclic) bond motifs is 1. The number of aromatic nitrogens is 1. The van der Waals surface area contributed by atoms with Crippen molar-refractivity contribution in [2.75, 3.05) is 6.54 Å². The van der Waals surface area contributed by atoms with E-state index >= 15 is 0 Å². The summed E-state index contributed by atoms with van der Waals surface area (Å²) in [6, 6.07) is 5.49. The molecule has 0 radical (unpaired) electrons. The number of hydrogen-bond donors (Lipinski definition) is 2. The minimum Gasteiger partial charge on any atom is -0.478 e. The first-order chi connectivity index (χ1) is 8.54. The molecular weight excluding hydrogens is 228 g/mol. The van der Waals surface area contributed by atoms with Gasteiger partial charge in [0.15, 0.2) is 0 Å². The van der Waals surface area contributed by atoms with Crippen LogP contribution in [-0.4, -0.2) is 22.2 Å². The van der Waals surface area contributed by atoms with E-state index in [0.29, 0.717) is 12.1 Å². The van der Waals surface area contributed by atoms with Crippen molar-refractivity contribution in [3.8, 4) is 0 Å². The van der Waals surface area contributed by atoms with Crippen LogP contribution in [0.15, 0.2) is 18.2 Å². The van der Waals surface area contributed by atoms with Crippen LogP contribution in [0.2, 0.25) is 0 Å². The second-order valence-corrected chi connectivity index (χ2v) is 4.62. The monoisotopic (exact) mass is 246 g/mol. The van der Waals surface area contributed by atoms with Gasteiger partial charge in [-0.05, 0) is 50.6 Å². The SMILES string of the molecule is Cc1cc(C(=O)O)cc2cc(C)n(CCCN)c12. The van der Waals surface area contributed by atoms with Gasteiger partial charge in [0.1, 0.15) is 0 Å². The number of hydrogen-bond acceptors (Lipinski definition) is 2. The molecule has 1 heterocycles. The zero-order chi connectivity index (χ0) is 13.3. The number of rotatable bonds is 4. The minimum atomic E-state index is -0.882. The lowest BCUT2D eigenvalue weighted by Crippen LogP contribution is -2.07. The fourth-order valence-corrected chi connectivity index (χ4v) is 2.43. The van der Waals surface area contributed by atoms with E-state index in [2.05, 4.69) is 4.57 Å². The summed E-state index contributed by atoms with van der Waals surface area (Å²) in [7, 11) is 0. The summed E-state index contributed by atoms with van der Waals surface area (Å²) in [5, 5.41) is 10.1. The highest BCUT2D eigenvalue weighted by molar-refractivity contribution is 5.95. The number of aromatic carboxylic acids is 1. The van der Waals surface area contributed by atoms with Gasteiger partial charge in [-0.25, -0.2) is 4.79 Å². The quantitative estimate of drug-likeness (QED) is 0.869. The van der Waals surface area contributed by atoms with Crippen LogP contribution in [0, 0.1) is 13.8 Å². The lowest BCUT2D eigenvalue weighted by atomic mass is 10.1. The van der Waals surface area contributed by atoms with Gasteiger partial charge in [0.05, 0.1) is 11.1 Å². The molecule has 1 aromatic carbocycles. The Morgan fingerprint density at radius 1 is 1.33 bits per heavy atom. The van der Waals surface area contributed by atoms with Crippen LogP contribution >= 0.6 is 0 Å². The standard InChI is InChI=1S/C14H18N2O2/c1-9-6-12(14(17)18)8-11-7-10(2)16(13(9)11)5-3-4-15/h6-8H,3-5,15H2,1-2H3,(H,17,18). The highest BCUT2D eigenvalue weighted by Crippen LogP contribution is 2.25. The molecule has 2 aromatic rings. The Balaban J connectivity index is 2.60. The summed E-state index contributed by atoms with van der Waals surface area (Å²) in [5.74, 6) is -0.882. The number of nitrogens with zero attached hydrogens (tertiary/aromatic N) is 1. The molecule has 0 atom stereocenters. The fraction of sp³-hybridized carbons (Fsp3) is 0.357. The Morgan fingerprint density at radius 3 is 2.67 bits per heavy atom. The molecule has 1 aromatic heterocycles. The topological polar surface area (TPSA) is 68.2 Å². The van der Waals surface area contributed by atoms with E-state index in [1.54, 1.807) is 12.1 Å². The molecule has 4 nitrogen and oxygen atoms in total. The average molecular weight is 246 g/mol. The Morgan fingerprint density at radius 2 is 2.06 bits per heavy atom. The molecule has 0 spiro atoms.